The highest BCUT2D eigenvalue weighted by Crippen LogP contribution is 2.41. The average molecular weight is 149 g/mol. The molecule has 10 heavy (non-hydrogen) atoms. The fourth-order valence-electron chi connectivity index (χ4n) is 1.45. The predicted octanol–water partition coefficient (Wildman–Crippen LogP) is 0.384. The molecular formula is C6H9F2NO. The minimum Gasteiger partial charge on any atom is -0.377 e. The summed E-state index contributed by atoms with van der Waals surface area (Å²) in [5, 5.41) is 2.78. The maximum absolute atomic E-state index is 12.9. The van der Waals surface area contributed by atoms with Crippen LogP contribution in [0.25, 0.3) is 0 Å². The van der Waals surface area contributed by atoms with Crippen LogP contribution in [0.1, 0.15) is 6.42 Å². The van der Waals surface area contributed by atoms with Crippen molar-refractivity contribution in [3.05, 3.63) is 0 Å². The Morgan fingerprint density at radius 1 is 1.30 bits per heavy atom. The molecule has 0 aromatic carbocycles. The number of rotatable bonds is 0. The Bertz CT molecular complexity index is 156. The van der Waals surface area contributed by atoms with E-state index in [0.717, 1.165) is 0 Å². The summed E-state index contributed by atoms with van der Waals surface area (Å²) >= 11 is 0. The number of ether oxygens (including phenoxy) is 1. The van der Waals surface area contributed by atoms with Gasteiger partial charge in [0.15, 0.2) is 0 Å². The molecule has 1 spiro atoms. The van der Waals surface area contributed by atoms with Crippen molar-refractivity contribution in [1.82, 2.24) is 5.32 Å². The molecule has 2 aliphatic rings. The molecule has 0 aromatic heterocycles. The van der Waals surface area contributed by atoms with Crippen LogP contribution in [0, 0.1) is 0 Å². The Balaban J connectivity index is 2.20. The van der Waals surface area contributed by atoms with Gasteiger partial charge in [-0.3, -0.25) is 0 Å². The molecule has 0 radical (unpaired) electrons. The van der Waals surface area contributed by atoms with E-state index in [4.69, 9.17) is 4.74 Å². The summed E-state index contributed by atoms with van der Waals surface area (Å²) in [5.41, 5.74) is -0.993. The molecule has 0 aliphatic carbocycles. The van der Waals surface area contributed by atoms with Gasteiger partial charge in [0, 0.05) is 13.0 Å². The lowest BCUT2D eigenvalue weighted by Gasteiger charge is -2.42. The second kappa shape index (κ2) is 1.68. The van der Waals surface area contributed by atoms with Crippen LogP contribution < -0.4 is 5.32 Å². The molecule has 2 saturated heterocycles. The molecule has 0 unspecified atom stereocenters. The molecule has 2 heterocycles. The quantitative estimate of drug-likeness (QED) is 0.537. The van der Waals surface area contributed by atoms with Crippen LogP contribution in [0.4, 0.5) is 8.78 Å². The Morgan fingerprint density at radius 3 is 2.20 bits per heavy atom. The Labute approximate surface area is 57.5 Å². The van der Waals surface area contributed by atoms with Crippen LogP contribution >= 0.6 is 0 Å². The third-order valence-electron chi connectivity index (χ3n) is 2.30. The SMILES string of the molecule is FC1(F)CCNC12COC2. The van der Waals surface area contributed by atoms with Gasteiger partial charge in [-0.05, 0) is 0 Å². The van der Waals surface area contributed by atoms with Crippen molar-refractivity contribution in [1.29, 1.82) is 0 Å². The highest BCUT2D eigenvalue weighted by molar-refractivity contribution is 5.09. The van der Waals surface area contributed by atoms with Crippen molar-refractivity contribution < 1.29 is 13.5 Å². The zero-order valence-electron chi connectivity index (χ0n) is 5.49. The van der Waals surface area contributed by atoms with Gasteiger partial charge >= 0.3 is 0 Å². The van der Waals surface area contributed by atoms with Crippen molar-refractivity contribution in [2.24, 2.45) is 0 Å². The third kappa shape index (κ3) is 0.582. The van der Waals surface area contributed by atoms with Gasteiger partial charge in [0.05, 0.1) is 13.2 Å². The molecule has 0 saturated carbocycles. The van der Waals surface area contributed by atoms with E-state index in [-0.39, 0.29) is 19.6 Å². The molecule has 2 nitrogen and oxygen atoms in total. The summed E-state index contributed by atoms with van der Waals surface area (Å²) in [6.45, 7) is 0.746. The first kappa shape index (κ1) is 6.49. The van der Waals surface area contributed by atoms with E-state index >= 15 is 0 Å². The predicted molar refractivity (Wildman–Crippen MR) is 31.1 cm³/mol. The van der Waals surface area contributed by atoms with Gasteiger partial charge in [0.2, 0.25) is 0 Å². The van der Waals surface area contributed by atoms with Crippen LogP contribution in [-0.4, -0.2) is 31.2 Å². The molecule has 0 aromatic rings. The number of nitrogens with one attached hydrogen (secondary N) is 1. The molecular weight excluding hydrogens is 140 g/mol. The lowest BCUT2D eigenvalue weighted by atomic mass is 9.92. The highest BCUT2D eigenvalue weighted by atomic mass is 19.3. The second-order valence-electron chi connectivity index (χ2n) is 2.96. The van der Waals surface area contributed by atoms with Crippen LogP contribution in [0.3, 0.4) is 0 Å². The molecule has 2 fully saturated rings. The fraction of sp³-hybridized carbons (Fsp3) is 1.00. The highest BCUT2D eigenvalue weighted by Gasteiger charge is 2.61. The maximum atomic E-state index is 12.9. The van der Waals surface area contributed by atoms with Crippen LogP contribution in [0.2, 0.25) is 0 Å². The van der Waals surface area contributed by atoms with E-state index in [1.54, 1.807) is 0 Å². The molecule has 2 aliphatic heterocycles. The first-order valence-corrected chi connectivity index (χ1v) is 3.37. The van der Waals surface area contributed by atoms with E-state index in [1.807, 2.05) is 0 Å². The average Bonchev–Trinajstić information content (AvgIpc) is 2.02. The maximum Gasteiger partial charge on any atom is 0.271 e. The van der Waals surface area contributed by atoms with Crippen LogP contribution in [0.5, 0.6) is 0 Å². The number of hydrogen-bond acceptors (Lipinski definition) is 2. The molecule has 0 atom stereocenters. The summed E-state index contributed by atoms with van der Waals surface area (Å²) < 4.78 is 30.6. The Kier molecular flexibility index (Phi) is 1.09. The molecule has 2 rings (SSSR count). The third-order valence-corrected chi connectivity index (χ3v) is 2.30. The van der Waals surface area contributed by atoms with Gasteiger partial charge in [-0.1, -0.05) is 0 Å². The van der Waals surface area contributed by atoms with E-state index in [1.165, 1.54) is 0 Å². The van der Waals surface area contributed by atoms with Crippen molar-refractivity contribution in [2.75, 3.05) is 19.8 Å². The van der Waals surface area contributed by atoms with E-state index in [2.05, 4.69) is 5.32 Å². The Morgan fingerprint density at radius 2 is 2.00 bits per heavy atom. The zero-order chi connectivity index (χ0) is 7.24. The first-order chi connectivity index (χ1) is 4.66. The summed E-state index contributed by atoms with van der Waals surface area (Å²) in [6, 6.07) is 0. The molecule has 4 heteroatoms. The van der Waals surface area contributed by atoms with Crippen LogP contribution in [0.15, 0.2) is 0 Å². The summed E-state index contributed by atoms with van der Waals surface area (Å²) in [7, 11) is 0. The first-order valence-electron chi connectivity index (χ1n) is 3.37. The van der Waals surface area contributed by atoms with E-state index < -0.39 is 11.5 Å². The van der Waals surface area contributed by atoms with Gasteiger partial charge < -0.3 is 10.1 Å². The molecule has 1 N–H and O–H groups in total. The number of hydrogen-bond donors (Lipinski definition) is 1. The van der Waals surface area contributed by atoms with Gasteiger partial charge in [0.1, 0.15) is 5.54 Å². The van der Waals surface area contributed by atoms with Crippen molar-refractivity contribution in [2.45, 2.75) is 17.9 Å². The Hall–Kier alpha value is -0.220. The summed E-state index contributed by atoms with van der Waals surface area (Å²) in [4.78, 5) is 0. The topological polar surface area (TPSA) is 21.3 Å². The molecule has 58 valence electrons. The fourth-order valence-corrected chi connectivity index (χ4v) is 1.45. The number of alkyl halides is 2. The van der Waals surface area contributed by atoms with Gasteiger partial charge in [0.25, 0.3) is 5.92 Å². The lowest BCUT2D eigenvalue weighted by Crippen LogP contribution is -2.65. The number of halogens is 2. The molecule has 0 amide bonds. The summed E-state index contributed by atoms with van der Waals surface area (Å²) in [6.07, 6.45) is -0.0453. The molecule has 0 bridgehead atoms. The van der Waals surface area contributed by atoms with E-state index in [9.17, 15) is 8.78 Å². The monoisotopic (exact) mass is 149 g/mol. The minimum absolute atomic E-state index is 0.0453. The normalized spacial score (nSPS) is 34.2. The van der Waals surface area contributed by atoms with Crippen molar-refractivity contribution in [3.8, 4) is 0 Å². The minimum atomic E-state index is -2.55. The zero-order valence-corrected chi connectivity index (χ0v) is 5.49. The largest absolute Gasteiger partial charge is 0.377 e. The second-order valence-corrected chi connectivity index (χ2v) is 2.96. The van der Waals surface area contributed by atoms with Crippen molar-refractivity contribution >= 4 is 0 Å². The van der Waals surface area contributed by atoms with Crippen LogP contribution in [-0.2, 0) is 4.74 Å². The lowest BCUT2D eigenvalue weighted by molar-refractivity contribution is -0.180. The van der Waals surface area contributed by atoms with Gasteiger partial charge in [-0.15, -0.1) is 0 Å². The standard InChI is InChI=1S/C6H9F2NO/c7-6(8)1-2-9-5(6)3-10-4-5/h9H,1-4H2. The van der Waals surface area contributed by atoms with Gasteiger partial charge in [-0.2, -0.15) is 0 Å². The smallest absolute Gasteiger partial charge is 0.271 e. The van der Waals surface area contributed by atoms with E-state index in [0.29, 0.717) is 6.54 Å². The van der Waals surface area contributed by atoms with Gasteiger partial charge in [-0.25, -0.2) is 8.78 Å². The summed E-state index contributed by atoms with van der Waals surface area (Å²) in [5.74, 6) is -2.55. The van der Waals surface area contributed by atoms with Crippen molar-refractivity contribution in [3.63, 3.8) is 0 Å².